The Morgan fingerprint density at radius 1 is 0.848 bits per heavy atom. The van der Waals surface area contributed by atoms with E-state index in [2.05, 4.69) is 36.4 Å². The largest absolute Gasteiger partial charge is 0.465 e. The van der Waals surface area contributed by atoms with Crippen molar-refractivity contribution in [2.45, 2.75) is 25.1 Å². The first kappa shape index (κ1) is 21.0. The number of nitrogens with zero attached hydrogens (tertiary/aromatic N) is 3. The van der Waals surface area contributed by atoms with Crippen molar-refractivity contribution in [1.29, 1.82) is 0 Å². The first-order valence-corrected chi connectivity index (χ1v) is 11.0. The number of aromatic nitrogens is 2. The summed E-state index contributed by atoms with van der Waals surface area (Å²) in [4.78, 5) is 13.0. The standard InChI is InChI=1S/C27H25N3O3/c31-19-24-23-18-29(26(32)33)17-16-25(23)30(28-24)27(20-10-4-1-5-11-20,21-12-6-2-7-13-21)22-14-8-3-9-15-22/h1-15,31H,16-19H2,(H,32,33). The van der Waals surface area contributed by atoms with E-state index in [1.165, 1.54) is 4.90 Å². The molecule has 166 valence electrons. The first-order valence-electron chi connectivity index (χ1n) is 11.0. The third-order valence-electron chi connectivity index (χ3n) is 6.45. The van der Waals surface area contributed by atoms with E-state index >= 15 is 0 Å². The zero-order valence-corrected chi connectivity index (χ0v) is 18.1. The van der Waals surface area contributed by atoms with Gasteiger partial charge in [-0.3, -0.25) is 0 Å². The van der Waals surface area contributed by atoms with Gasteiger partial charge in [-0.25, -0.2) is 9.48 Å². The lowest BCUT2D eigenvalue weighted by Gasteiger charge is -2.38. The summed E-state index contributed by atoms with van der Waals surface area (Å²) in [5.41, 5.74) is 4.59. The molecule has 2 heterocycles. The van der Waals surface area contributed by atoms with Crippen LogP contribution in [0.2, 0.25) is 0 Å². The average Bonchev–Trinajstić information content (AvgIpc) is 3.25. The van der Waals surface area contributed by atoms with Crippen LogP contribution in [0.5, 0.6) is 0 Å². The van der Waals surface area contributed by atoms with E-state index in [0.29, 0.717) is 18.7 Å². The molecule has 5 rings (SSSR count). The van der Waals surface area contributed by atoms with E-state index in [-0.39, 0.29) is 13.2 Å². The van der Waals surface area contributed by atoms with Crippen molar-refractivity contribution in [3.05, 3.63) is 125 Å². The lowest BCUT2D eigenvalue weighted by Crippen LogP contribution is -2.42. The summed E-state index contributed by atoms with van der Waals surface area (Å²) < 4.78 is 2.02. The van der Waals surface area contributed by atoms with Crippen molar-refractivity contribution >= 4 is 6.09 Å². The highest BCUT2D eigenvalue weighted by atomic mass is 16.4. The highest BCUT2D eigenvalue weighted by Gasteiger charge is 2.42. The van der Waals surface area contributed by atoms with Gasteiger partial charge in [0, 0.05) is 24.2 Å². The maximum atomic E-state index is 11.7. The molecule has 1 aliphatic rings. The van der Waals surface area contributed by atoms with Crippen LogP contribution in [0.3, 0.4) is 0 Å². The summed E-state index contributed by atoms with van der Waals surface area (Å²) in [6, 6.07) is 30.7. The SMILES string of the molecule is O=C(O)N1CCc2c(c(CO)nn2C(c2ccccc2)(c2ccccc2)c2ccccc2)C1. The molecular weight excluding hydrogens is 414 g/mol. The number of rotatable bonds is 5. The van der Waals surface area contributed by atoms with Crippen LogP contribution in [0.15, 0.2) is 91.0 Å². The highest BCUT2D eigenvalue weighted by Crippen LogP contribution is 2.42. The van der Waals surface area contributed by atoms with Gasteiger partial charge in [-0.1, -0.05) is 91.0 Å². The summed E-state index contributed by atoms with van der Waals surface area (Å²) in [5.74, 6) is 0. The van der Waals surface area contributed by atoms with E-state index in [4.69, 9.17) is 5.10 Å². The van der Waals surface area contributed by atoms with E-state index < -0.39 is 11.6 Å². The van der Waals surface area contributed by atoms with Gasteiger partial charge in [-0.15, -0.1) is 0 Å². The van der Waals surface area contributed by atoms with E-state index in [0.717, 1.165) is 27.9 Å². The molecular formula is C27H25N3O3. The summed E-state index contributed by atoms with van der Waals surface area (Å²) in [6.45, 7) is 0.347. The van der Waals surface area contributed by atoms with Crippen molar-refractivity contribution in [2.75, 3.05) is 6.54 Å². The van der Waals surface area contributed by atoms with Crippen molar-refractivity contribution in [2.24, 2.45) is 0 Å². The summed E-state index contributed by atoms with van der Waals surface area (Å²) in [7, 11) is 0. The number of amides is 1. The Kier molecular flexibility index (Phi) is 5.44. The van der Waals surface area contributed by atoms with Crippen molar-refractivity contribution in [3.8, 4) is 0 Å². The van der Waals surface area contributed by atoms with Gasteiger partial charge in [0.1, 0.15) is 5.54 Å². The summed E-state index contributed by atoms with van der Waals surface area (Å²) in [6.07, 6.45) is -0.444. The Balaban J connectivity index is 1.87. The van der Waals surface area contributed by atoms with Gasteiger partial charge in [0.15, 0.2) is 0 Å². The molecule has 6 nitrogen and oxygen atoms in total. The maximum absolute atomic E-state index is 11.7. The Labute approximate surface area is 192 Å². The zero-order valence-electron chi connectivity index (χ0n) is 18.1. The highest BCUT2D eigenvalue weighted by molar-refractivity contribution is 5.65. The number of hydrogen-bond donors (Lipinski definition) is 2. The number of carboxylic acid groups (broad SMARTS) is 1. The molecule has 4 aromatic rings. The number of carbonyl (C=O) groups is 1. The second kappa shape index (κ2) is 8.56. The van der Waals surface area contributed by atoms with Crippen LogP contribution in [-0.2, 0) is 25.1 Å². The van der Waals surface area contributed by atoms with Crippen LogP contribution in [0.4, 0.5) is 4.79 Å². The molecule has 3 aromatic carbocycles. The van der Waals surface area contributed by atoms with Crippen LogP contribution in [0, 0.1) is 0 Å². The molecule has 0 fully saturated rings. The van der Waals surface area contributed by atoms with Gasteiger partial charge in [0.2, 0.25) is 0 Å². The molecule has 0 bridgehead atoms. The minimum Gasteiger partial charge on any atom is -0.465 e. The molecule has 6 heteroatoms. The van der Waals surface area contributed by atoms with Crippen molar-refractivity contribution in [1.82, 2.24) is 14.7 Å². The van der Waals surface area contributed by atoms with Gasteiger partial charge >= 0.3 is 6.09 Å². The molecule has 0 unspecified atom stereocenters. The smallest absolute Gasteiger partial charge is 0.407 e. The van der Waals surface area contributed by atoms with Gasteiger partial charge < -0.3 is 15.1 Å². The topological polar surface area (TPSA) is 78.6 Å². The van der Waals surface area contributed by atoms with Gasteiger partial charge in [0.05, 0.1) is 18.8 Å². The number of aliphatic hydroxyl groups is 1. The lowest BCUT2D eigenvalue weighted by molar-refractivity contribution is 0.138. The van der Waals surface area contributed by atoms with Crippen LogP contribution in [-0.4, -0.2) is 37.5 Å². The van der Waals surface area contributed by atoms with Crippen LogP contribution >= 0.6 is 0 Å². The van der Waals surface area contributed by atoms with E-state index in [1.54, 1.807) is 0 Å². The summed E-state index contributed by atoms with van der Waals surface area (Å²) in [5, 5.41) is 24.7. The second-order valence-corrected chi connectivity index (χ2v) is 8.20. The van der Waals surface area contributed by atoms with E-state index in [1.807, 2.05) is 59.3 Å². The number of benzene rings is 3. The Hall–Kier alpha value is -3.90. The molecule has 1 aliphatic heterocycles. The van der Waals surface area contributed by atoms with Crippen molar-refractivity contribution < 1.29 is 15.0 Å². The molecule has 0 spiro atoms. The minimum atomic E-state index is -0.960. The Bertz CT molecular complexity index is 1160. The molecule has 0 aliphatic carbocycles. The predicted octanol–water partition coefficient (Wildman–Crippen LogP) is 4.25. The first-order chi connectivity index (χ1) is 16.2. The Morgan fingerprint density at radius 3 is 1.76 bits per heavy atom. The molecule has 33 heavy (non-hydrogen) atoms. The second-order valence-electron chi connectivity index (χ2n) is 8.20. The quantitative estimate of drug-likeness (QED) is 0.456. The third kappa shape index (κ3) is 3.39. The lowest BCUT2D eigenvalue weighted by atomic mass is 9.76. The molecule has 0 saturated carbocycles. The monoisotopic (exact) mass is 439 g/mol. The minimum absolute atomic E-state index is 0.217. The fraction of sp³-hybridized carbons (Fsp3) is 0.185. The summed E-state index contributed by atoms with van der Waals surface area (Å²) >= 11 is 0. The number of hydrogen-bond acceptors (Lipinski definition) is 3. The normalized spacial score (nSPS) is 13.5. The molecule has 1 amide bonds. The van der Waals surface area contributed by atoms with Crippen LogP contribution < -0.4 is 0 Å². The number of fused-ring (bicyclic) bond motifs is 1. The zero-order chi connectivity index (χ0) is 22.8. The Morgan fingerprint density at radius 2 is 1.33 bits per heavy atom. The van der Waals surface area contributed by atoms with Gasteiger partial charge in [-0.2, -0.15) is 5.10 Å². The predicted molar refractivity (Wildman–Crippen MR) is 125 cm³/mol. The molecule has 0 atom stereocenters. The fourth-order valence-electron chi connectivity index (χ4n) is 4.96. The average molecular weight is 440 g/mol. The number of aliphatic hydroxyl groups excluding tert-OH is 1. The van der Waals surface area contributed by atoms with Crippen LogP contribution in [0.25, 0.3) is 0 Å². The fourth-order valence-corrected chi connectivity index (χ4v) is 4.96. The van der Waals surface area contributed by atoms with Gasteiger partial charge in [0.25, 0.3) is 0 Å². The third-order valence-corrected chi connectivity index (χ3v) is 6.45. The maximum Gasteiger partial charge on any atom is 0.407 e. The van der Waals surface area contributed by atoms with Crippen LogP contribution in [0.1, 0.15) is 33.6 Å². The molecule has 1 aromatic heterocycles. The van der Waals surface area contributed by atoms with Gasteiger partial charge in [-0.05, 0) is 16.7 Å². The molecule has 0 saturated heterocycles. The van der Waals surface area contributed by atoms with Crippen molar-refractivity contribution in [3.63, 3.8) is 0 Å². The molecule has 0 radical (unpaired) electrons. The molecule has 2 N–H and O–H groups in total. The van der Waals surface area contributed by atoms with E-state index in [9.17, 15) is 15.0 Å².